The number of nitrogens with zero attached hydrogens (tertiary/aromatic N) is 3. The molecule has 1 aliphatic heterocycles. The minimum atomic E-state index is -0.247. The van der Waals surface area contributed by atoms with Gasteiger partial charge < -0.3 is 5.32 Å². The van der Waals surface area contributed by atoms with Crippen molar-refractivity contribution in [1.29, 1.82) is 0 Å². The highest BCUT2D eigenvalue weighted by molar-refractivity contribution is 7.20. The average molecular weight is 368 g/mol. The van der Waals surface area contributed by atoms with E-state index in [9.17, 15) is 9.59 Å². The number of aromatic nitrogens is 3. The van der Waals surface area contributed by atoms with E-state index in [1.807, 2.05) is 26.0 Å². The molecule has 0 saturated carbocycles. The lowest BCUT2D eigenvalue weighted by Crippen LogP contribution is -2.24. The number of fused-ring (bicyclic) bond motifs is 2. The summed E-state index contributed by atoms with van der Waals surface area (Å²) in [6, 6.07) is 5.47. The van der Waals surface area contributed by atoms with Crippen LogP contribution in [0.4, 0.5) is 5.82 Å². The Labute approximate surface area is 154 Å². The second kappa shape index (κ2) is 6.64. The third-order valence-corrected chi connectivity index (χ3v) is 5.93. The van der Waals surface area contributed by atoms with Crippen molar-refractivity contribution in [2.45, 2.75) is 46.1 Å². The van der Waals surface area contributed by atoms with Gasteiger partial charge in [0.15, 0.2) is 0 Å². The maximum Gasteiger partial charge on any atom is 0.267 e. The van der Waals surface area contributed by atoms with Gasteiger partial charge in [0, 0.05) is 18.7 Å². The van der Waals surface area contributed by atoms with Crippen LogP contribution in [0.3, 0.4) is 0 Å². The fraction of sp³-hybridized carbons (Fsp3) is 0.368. The highest BCUT2D eigenvalue weighted by Gasteiger charge is 2.22. The summed E-state index contributed by atoms with van der Waals surface area (Å²) in [7, 11) is 0. The number of thiophene rings is 1. The van der Waals surface area contributed by atoms with Crippen molar-refractivity contribution in [3.8, 4) is 0 Å². The van der Waals surface area contributed by atoms with E-state index in [0.717, 1.165) is 37.2 Å². The summed E-state index contributed by atoms with van der Waals surface area (Å²) in [4.78, 5) is 35.9. The molecule has 7 heteroatoms. The first kappa shape index (κ1) is 16.9. The quantitative estimate of drug-likeness (QED) is 0.752. The summed E-state index contributed by atoms with van der Waals surface area (Å²) in [5.41, 5.74) is 1.51. The first-order valence-corrected chi connectivity index (χ1v) is 9.64. The molecule has 0 saturated heterocycles. The Kier molecular flexibility index (Phi) is 4.32. The van der Waals surface area contributed by atoms with Gasteiger partial charge in [-0.1, -0.05) is 12.5 Å². The Morgan fingerprint density at radius 3 is 2.85 bits per heavy atom. The van der Waals surface area contributed by atoms with Crippen molar-refractivity contribution in [2.24, 2.45) is 0 Å². The highest BCUT2D eigenvalue weighted by Crippen LogP contribution is 2.29. The minimum Gasteiger partial charge on any atom is -0.306 e. The van der Waals surface area contributed by atoms with Crippen molar-refractivity contribution in [3.63, 3.8) is 0 Å². The molecular formula is C19H20N4O2S. The zero-order valence-corrected chi connectivity index (χ0v) is 15.7. The Hall–Kier alpha value is -2.54. The van der Waals surface area contributed by atoms with E-state index in [4.69, 9.17) is 4.98 Å². The normalized spacial score (nSPS) is 14.1. The Bertz CT molecular complexity index is 1070. The molecule has 0 atom stereocenters. The smallest absolute Gasteiger partial charge is 0.267 e. The SMILES string of the molecule is Cc1cccc(NC(=O)c2sc3nc4n(c(=O)c3c2C)CCCCC4)n1. The Balaban J connectivity index is 1.77. The molecular weight excluding hydrogens is 348 g/mol. The maximum absolute atomic E-state index is 13.0. The van der Waals surface area contributed by atoms with E-state index >= 15 is 0 Å². The molecule has 3 aromatic rings. The molecule has 0 unspecified atom stereocenters. The lowest BCUT2D eigenvalue weighted by Gasteiger charge is -2.08. The van der Waals surface area contributed by atoms with Crippen molar-refractivity contribution < 1.29 is 4.79 Å². The largest absolute Gasteiger partial charge is 0.306 e. The fourth-order valence-electron chi connectivity index (χ4n) is 3.41. The van der Waals surface area contributed by atoms with Gasteiger partial charge in [0.05, 0.1) is 10.3 Å². The van der Waals surface area contributed by atoms with Gasteiger partial charge in [-0.05, 0) is 44.4 Å². The summed E-state index contributed by atoms with van der Waals surface area (Å²) in [5, 5.41) is 3.40. The van der Waals surface area contributed by atoms with Gasteiger partial charge in [0.2, 0.25) is 0 Å². The van der Waals surface area contributed by atoms with Crippen LogP contribution >= 0.6 is 11.3 Å². The first-order valence-electron chi connectivity index (χ1n) is 8.82. The topological polar surface area (TPSA) is 76.9 Å². The second-order valence-corrected chi connectivity index (χ2v) is 7.65. The highest BCUT2D eigenvalue weighted by atomic mass is 32.1. The van der Waals surface area contributed by atoms with Crippen LogP contribution in [-0.2, 0) is 13.0 Å². The van der Waals surface area contributed by atoms with E-state index < -0.39 is 0 Å². The molecule has 134 valence electrons. The summed E-state index contributed by atoms with van der Waals surface area (Å²) in [5.74, 6) is 1.10. The van der Waals surface area contributed by atoms with Gasteiger partial charge in [-0.2, -0.15) is 0 Å². The molecule has 0 bridgehead atoms. The molecule has 1 aliphatic rings. The zero-order valence-electron chi connectivity index (χ0n) is 14.8. The number of hydrogen-bond acceptors (Lipinski definition) is 5. The molecule has 0 aromatic carbocycles. The van der Waals surface area contributed by atoms with Crippen LogP contribution in [0, 0.1) is 13.8 Å². The zero-order chi connectivity index (χ0) is 18.3. The van der Waals surface area contributed by atoms with Crippen LogP contribution in [0.1, 0.15) is 46.0 Å². The van der Waals surface area contributed by atoms with E-state index in [1.165, 1.54) is 11.3 Å². The molecule has 4 heterocycles. The first-order chi connectivity index (χ1) is 12.5. The average Bonchev–Trinajstić information content (AvgIpc) is 2.78. The number of amides is 1. The third-order valence-electron chi connectivity index (χ3n) is 4.75. The molecule has 3 aromatic heterocycles. The van der Waals surface area contributed by atoms with Gasteiger partial charge in [0.25, 0.3) is 11.5 Å². The lowest BCUT2D eigenvalue weighted by atomic mass is 10.2. The summed E-state index contributed by atoms with van der Waals surface area (Å²) in [6.45, 7) is 4.41. The number of pyridine rings is 1. The van der Waals surface area contributed by atoms with Gasteiger partial charge in [0.1, 0.15) is 16.5 Å². The maximum atomic E-state index is 13.0. The van der Waals surface area contributed by atoms with Crippen molar-refractivity contribution >= 4 is 33.3 Å². The lowest BCUT2D eigenvalue weighted by molar-refractivity contribution is 0.102. The van der Waals surface area contributed by atoms with E-state index in [1.54, 1.807) is 10.6 Å². The molecule has 1 amide bonds. The predicted octanol–water partition coefficient (Wildman–Crippen LogP) is 3.45. The van der Waals surface area contributed by atoms with Crippen LogP contribution in [0.5, 0.6) is 0 Å². The van der Waals surface area contributed by atoms with Crippen LogP contribution in [0.25, 0.3) is 10.2 Å². The number of hydrogen-bond donors (Lipinski definition) is 1. The van der Waals surface area contributed by atoms with Crippen molar-refractivity contribution in [3.05, 3.63) is 50.5 Å². The van der Waals surface area contributed by atoms with Crippen molar-refractivity contribution in [1.82, 2.24) is 14.5 Å². The van der Waals surface area contributed by atoms with E-state index in [2.05, 4.69) is 10.3 Å². The van der Waals surface area contributed by atoms with Gasteiger partial charge in [-0.3, -0.25) is 14.2 Å². The molecule has 0 radical (unpaired) electrons. The molecule has 1 N–H and O–H groups in total. The standard InChI is InChI=1S/C19H20N4O2S/c1-11-7-6-8-13(20-11)21-17(24)16-12(2)15-18(26-16)22-14-9-4-3-5-10-23(14)19(15)25/h6-8H,3-5,9-10H2,1-2H3,(H,20,21,24). The fourth-order valence-corrected chi connectivity index (χ4v) is 4.50. The number of nitrogens with one attached hydrogen (secondary N) is 1. The summed E-state index contributed by atoms with van der Waals surface area (Å²) >= 11 is 1.28. The molecule has 26 heavy (non-hydrogen) atoms. The predicted molar refractivity (Wildman–Crippen MR) is 103 cm³/mol. The van der Waals surface area contributed by atoms with Crippen LogP contribution < -0.4 is 10.9 Å². The van der Waals surface area contributed by atoms with Crippen LogP contribution in [0.2, 0.25) is 0 Å². The monoisotopic (exact) mass is 368 g/mol. The van der Waals surface area contributed by atoms with Gasteiger partial charge in [-0.15, -0.1) is 11.3 Å². The molecule has 0 aliphatic carbocycles. The second-order valence-electron chi connectivity index (χ2n) is 6.65. The van der Waals surface area contributed by atoms with E-state index in [-0.39, 0.29) is 11.5 Å². The Morgan fingerprint density at radius 1 is 1.19 bits per heavy atom. The summed E-state index contributed by atoms with van der Waals surface area (Å²) in [6.07, 6.45) is 3.98. The number of aryl methyl sites for hydroxylation is 3. The van der Waals surface area contributed by atoms with E-state index in [0.29, 0.717) is 33.0 Å². The van der Waals surface area contributed by atoms with Gasteiger partial charge in [-0.25, -0.2) is 9.97 Å². The molecule has 4 rings (SSSR count). The number of carbonyl (C=O) groups is 1. The van der Waals surface area contributed by atoms with Gasteiger partial charge >= 0.3 is 0 Å². The Morgan fingerprint density at radius 2 is 2.04 bits per heavy atom. The van der Waals surface area contributed by atoms with Crippen LogP contribution in [-0.4, -0.2) is 20.4 Å². The van der Waals surface area contributed by atoms with Crippen molar-refractivity contribution in [2.75, 3.05) is 5.32 Å². The van der Waals surface area contributed by atoms with Crippen LogP contribution in [0.15, 0.2) is 23.0 Å². The molecule has 0 spiro atoms. The number of anilines is 1. The number of carbonyl (C=O) groups excluding carboxylic acids is 1. The minimum absolute atomic E-state index is 0.0200. The number of rotatable bonds is 2. The molecule has 0 fully saturated rings. The summed E-state index contributed by atoms with van der Waals surface area (Å²) < 4.78 is 1.79. The molecule has 6 nitrogen and oxygen atoms in total. The third kappa shape index (κ3) is 2.92.